The largest absolute Gasteiger partial charge is 0.462 e. The van der Waals surface area contributed by atoms with Gasteiger partial charge in [0, 0.05) is 19.3 Å². The van der Waals surface area contributed by atoms with E-state index in [1.54, 1.807) is 0 Å². The van der Waals surface area contributed by atoms with Crippen molar-refractivity contribution in [3.05, 3.63) is 0 Å². The molecule has 0 saturated heterocycles. The van der Waals surface area contributed by atoms with Gasteiger partial charge >= 0.3 is 17.9 Å². The van der Waals surface area contributed by atoms with Gasteiger partial charge in [0.1, 0.15) is 13.2 Å². The number of ether oxygens (including phenoxy) is 3. The Morgan fingerprint density at radius 2 is 0.524 bits per heavy atom. The van der Waals surface area contributed by atoms with Crippen LogP contribution < -0.4 is 0 Å². The summed E-state index contributed by atoms with van der Waals surface area (Å²) in [5, 5.41) is 0. The van der Waals surface area contributed by atoms with E-state index < -0.39 is 6.10 Å². The van der Waals surface area contributed by atoms with Crippen molar-refractivity contribution in [2.75, 3.05) is 13.2 Å². The predicted molar refractivity (Wildman–Crippen MR) is 270 cm³/mol. The number of esters is 3. The van der Waals surface area contributed by atoms with E-state index in [1.165, 1.54) is 205 Å². The van der Waals surface area contributed by atoms with Crippen molar-refractivity contribution in [2.45, 2.75) is 323 Å². The molecule has 6 heteroatoms. The third-order valence-corrected chi connectivity index (χ3v) is 13.0. The quantitative estimate of drug-likeness (QED) is 0.0344. The molecule has 0 radical (unpaired) electrons. The zero-order valence-corrected chi connectivity index (χ0v) is 43.2. The fourth-order valence-corrected chi connectivity index (χ4v) is 8.70. The van der Waals surface area contributed by atoms with E-state index >= 15 is 0 Å². The summed E-state index contributed by atoms with van der Waals surface area (Å²) in [6.07, 6.45) is 52.3. The topological polar surface area (TPSA) is 78.9 Å². The van der Waals surface area contributed by atoms with Crippen molar-refractivity contribution in [1.82, 2.24) is 0 Å². The number of carbonyl (C=O) groups excluding carboxylic acids is 3. The summed E-state index contributed by atoms with van der Waals surface area (Å²) < 4.78 is 16.9. The van der Waals surface area contributed by atoms with Crippen LogP contribution in [0.2, 0.25) is 0 Å². The fourth-order valence-electron chi connectivity index (χ4n) is 8.70. The van der Waals surface area contributed by atoms with Crippen LogP contribution in [0.4, 0.5) is 0 Å². The highest BCUT2D eigenvalue weighted by Crippen LogP contribution is 2.18. The Labute approximate surface area is 393 Å². The maximum atomic E-state index is 12.8. The van der Waals surface area contributed by atoms with E-state index in [4.69, 9.17) is 14.2 Å². The van der Waals surface area contributed by atoms with Gasteiger partial charge in [-0.2, -0.15) is 0 Å². The van der Waals surface area contributed by atoms with E-state index in [-0.39, 0.29) is 31.1 Å². The van der Waals surface area contributed by atoms with Crippen LogP contribution in [0.5, 0.6) is 0 Å². The molecule has 0 heterocycles. The molecule has 0 aromatic heterocycles. The van der Waals surface area contributed by atoms with Gasteiger partial charge in [0.05, 0.1) is 0 Å². The summed E-state index contributed by atoms with van der Waals surface area (Å²) in [5.74, 6) is 0.845. The molecule has 0 aliphatic rings. The number of hydrogen-bond acceptors (Lipinski definition) is 6. The van der Waals surface area contributed by atoms with Gasteiger partial charge in [-0.3, -0.25) is 14.4 Å². The van der Waals surface area contributed by atoms with Crippen LogP contribution in [-0.4, -0.2) is 37.2 Å². The Balaban J connectivity index is 4.24. The summed E-state index contributed by atoms with van der Waals surface area (Å²) in [6.45, 7) is 11.4. The summed E-state index contributed by atoms with van der Waals surface area (Å²) >= 11 is 0. The lowest BCUT2D eigenvalue weighted by molar-refractivity contribution is -0.167. The molecule has 0 amide bonds. The van der Waals surface area contributed by atoms with Gasteiger partial charge in [0.15, 0.2) is 6.10 Å². The lowest BCUT2D eigenvalue weighted by atomic mass is 10.0. The van der Waals surface area contributed by atoms with Gasteiger partial charge in [0.25, 0.3) is 0 Å². The second kappa shape index (κ2) is 49.8. The Kier molecular flexibility index (Phi) is 48.6. The van der Waals surface area contributed by atoms with Crippen molar-refractivity contribution >= 4 is 17.9 Å². The Morgan fingerprint density at radius 1 is 0.302 bits per heavy atom. The average molecular weight is 892 g/mol. The molecule has 0 aliphatic heterocycles. The maximum absolute atomic E-state index is 12.8. The second-order valence-corrected chi connectivity index (χ2v) is 20.5. The monoisotopic (exact) mass is 891 g/mol. The van der Waals surface area contributed by atoms with E-state index in [1.807, 2.05) is 0 Å². The van der Waals surface area contributed by atoms with Gasteiger partial charge in [-0.1, -0.05) is 279 Å². The highest BCUT2D eigenvalue weighted by atomic mass is 16.6. The first kappa shape index (κ1) is 61.4. The van der Waals surface area contributed by atoms with Gasteiger partial charge in [-0.15, -0.1) is 0 Å². The van der Waals surface area contributed by atoms with Crippen LogP contribution in [0.15, 0.2) is 0 Å². The van der Waals surface area contributed by atoms with Gasteiger partial charge in [-0.25, -0.2) is 0 Å². The Hall–Kier alpha value is -1.59. The molecule has 0 bridgehead atoms. The van der Waals surface area contributed by atoms with Crippen LogP contribution in [0.3, 0.4) is 0 Å². The summed E-state index contributed by atoms with van der Waals surface area (Å²) in [6, 6.07) is 0. The third kappa shape index (κ3) is 51.3. The van der Waals surface area contributed by atoms with Gasteiger partial charge in [0.2, 0.25) is 0 Å². The number of carbonyl (C=O) groups is 3. The normalized spacial score (nSPS) is 12.0. The lowest BCUT2D eigenvalue weighted by Gasteiger charge is -2.18. The number of hydrogen-bond donors (Lipinski definition) is 0. The first-order valence-corrected chi connectivity index (χ1v) is 28.2. The first-order valence-electron chi connectivity index (χ1n) is 28.2. The first-order chi connectivity index (χ1) is 30.7. The predicted octanol–water partition coefficient (Wildman–Crippen LogP) is 18.5. The molecule has 63 heavy (non-hydrogen) atoms. The molecule has 0 fully saturated rings. The molecular formula is C57H110O6. The van der Waals surface area contributed by atoms with Crippen LogP contribution >= 0.6 is 0 Å². The zero-order chi connectivity index (χ0) is 46.1. The number of rotatable bonds is 51. The van der Waals surface area contributed by atoms with E-state index in [9.17, 15) is 14.4 Å². The molecule has 374 valence electrons. The van der Waals surface area contributed by atoms with Crippen molar-refractivity contribution in [3.8, 4) is 0 Å². The molecule has 0 aromatic carbocycles. The minimum absolute atomic E-state index is 0.0628. The molecular weight excluding hydrogens is 781 g/mol. The van der Waals surface area contributed by atoms with Gasteiger partial charge < -0.3 is 14.2 Å². The molecule has 0 aromatic rings. The van der Waals surface area contributed by atoms with Crippen LogP contribution in [0.1, 0.15) is 317 Å². The van der Waals surface area contributed by atoms with Gasteiger partial charge in [-0.05, 0) is 31.1 Å². The fraction of sp³-hybridized carbons (Fsp3) is 0.947. The molecule has 0 aliphatic carbocycles. The molecule has 0 spiro atoms. The molecule has 0 N–H and O–H groups in total. The summed E-state index contributed by atoms with van der Waals surface area (Å²) in [5.41, 5.74) is 0. The summed E-state index contributed by atoms with van der Waals surface area (Å²) in [7, 11) is 0. The third-order valence-electron chi connectivity index (χ3n) is 13.0. The molecule has 0 saturated carbocycles. The van der Waals surface area contributed by atoms with E-state index in [0.29, 0.717) is 19.3 Å². The maximum Gasteiger partial charge on any atom is 0.306 e. The second-order valence-electron chi connectivity index (χ2n) is 20.5. The van der Waals surface area contributed by atoms with Crippen molar-refractivity contribution in [3.63, 3.8) is 0 Å². The van der Waals surface area contributed by atoms with Crippen molar-refractivity contribution in [1.29, 1.82) is 0 Å². The average Bonchev–Trinajstić information content (AvgIpc) is 3.25. The highest BCUT2D eigenvalue weighted by Gasteiger charge is 2.19. The SMILES string of the molecule is CCCCCCCCCCCCCC(=O)O[C@@H](COC(=O)CCCCCCCCCCCCCCCCCCC(C)C)COC(=O)CCCCCCCCCCCCCCC(C)C. The van der Waals surface area contributed by atoms with E-state index in [2.05, 4.69) is 34.6 Å². The minimum Gasteiger partial charge on any atom is -0.462 e. The smallest absolute Gasteiger partial charge is 0.306 e. The molecule has 1 atom stereocenters. The minimum atomic E-state index is -0.762. The lowest BCUT2D eigenvalue weighted by Crippen LogP contribution is -2.30. The zero-order valence-electron chi connectivity index (χ0n) is 43.2. The summed E-state index contributed by atoms with van der Waals surface area (Å²) in [4.78, 5) is 38.0. The molecule has 0 unspecified atom stereocenters. The van der Waals surface area contributed by atoms with Crippen molar-refractivity contribution in [2.24, 2.45) is 11.8 Å². The van der Waals surface area contributed by atoms with E-state index in [0.717, 1.165) is 69.6 Å². The van der Waals surface area contributed by atoms with Crippen LogP contribution in [-0.2, 0) is 28.6 Å². The van der Waals surface area contributed by atoms with Crippen LogP contribution in [0.25, 0.3) is 0 Å². The molecule has 0 rings (SSSR count). The standard InChI is InChI=1S/C57H110O6/c1-6-7-8-9-10-11-20-29-34-39-44-49-57(60)63-54(51-62-56(59)48-43-38-33-28-24-19-18-22-26-31-36-41-46-53(4)5)50-61-55(58)47-42-37-32-27-23-17-15-13-12-14-16-21-25-30-35-40-45-52(2)3/h52-54H,6-51H2,1-5H3/t54-/m0/s1. The van der Waals surface area contributed by atoms with Crippen molar-refractivity contribution < 1.29 is 28.6 Å². The Morgan fingerprint density at radius 3 is 0.778 bits per heavy atom. The van der Waals surface area contributed by atoms with Crippen LogP contribution in [0, 0.1) is 11.8 Å². The molecule has 6 nitrogen and oxygen atoms in total. The Bertz CT molecular complexity index is 962. The number of unbranched alkanes of at least 4 members (excludes halogenated alkanes) is 36. The highest BCUT2D eigenvalue weighted by molar-refractivity contribution is 5.71.